The first-order valence-corrected chi connectivity index (χ1v) is 7.38. The van der Waals surface area contributed by atoms with Gasteiger partial charge in [0.1, 0.15) is 0 Å². The number of hydrogen-bond donors (Lipinski definition) is 2. The Kier molecular flexibility index (Phi) is 7.81. The topological polar surface area (TPSA) is 64.3 Å². The third-order valence-corrected chi connectivity index (χ3v) is 3.60. The van der Waals surface area contributed by atoms with Crippen LogP contribution < -0.4 is 11.1 Å². The summed E-state index contributed by atoms with van der Waals surface area (Å²) in [5.74, 6) is 0.756. The Bertz CT molecular complexity index is 228. The smallest absolute Gasteiger partial charge is 0.407 e. The van der Waals surface area contributed by atoms with Gasteiger partial charge in [-0.3, -0.25) is 0 Å². The molecule has 0 radical (unpaired) electrons. The average molecular weight is 256 g/mol. The summed E-state index contributed by atoms with van der Waals surface area (Å²) in [6.45, 7) is 3.10. The quantitative estimate of drug-likeness (QED) is 0.688. The molecule has 4 heteroatoms. The van der Waals surface area contributed by atoms with Crippen molar-refractivity contribution >= 4 is 6.09 Å². The van der Waals surface area contributed by atoms with E-state index in [0.29, 0.717) is 13.2 Å². The van der Waals surface area contributed by atoms with Crippen molar-refractivity contribution in [1.29, 1.82) is 0 Å². The first-order valence-electron chi connectivity index (χ1n) is 7.38. The van der Waals surface area contributed by atoms with Crippen LogP contribution in [-0.4, -0.2) is 25.3 Å². The molecule has 1 amide bonds. The highest BCUT2D eigenvalue weighted by Gasteiger charge is 2.17. The van der Waals surface area contributed by atoms with Crippen LogP contribution in [0.1, 0.15) is 58.3 Å². The fourth-order valence-corrected chi connectivity index (χ4v) is 2.51. The minimum atomic E-state index is -0.331. The lowest BCUT2D eigenvalue weighted by Crippen LogP contribution is -2.39. The van der Waals surface area contributed by atoms with E-state index in [0.717, 1.165) is 25.2 Å². The van der Waals surface area contributed by atoms with Gasteiger partial charge < -0.3 is 15.8 Å². The maximum atomic E-state index is 11.3. The normalized spacial score (nSPS) is 18.3. The van der Waals surface area contributed by atoms with Crippen molar-refractivity contribution in [3.8, 4) is 0 Å². The van der Waals surface area contributed by atoms with E-state index in [9.17, 15) is 4.79 Å². The van der Waals surface area contributed by atoms with Gasteiger partial charge >= 0.3 is 6.09 Å². The highest BCUT2D eigenvalue weighted by atomic mass is 16.5. The minimum Gasteiger partial charge on any atom is -0.450 e. The molecule has 18 heavy (non-hydrogen) atoms. The maximum Gasteiger partial charge on any atom is 0.407 e. The van der Waals surface area contributed by atoms with E-state index in [-0.39, 0.29) is 12.1 Å². The van der Waals surface area contributed by atoms with Crippen LogP contribution in [0.25, 0.3) is 0 Å². The molecular weight excluding hydrogens is 228 g/mol. The second kappa shape index (κ2) is 9.20. The standard InChI is InChI=1S/C14H28N2O2/c1-2-3-9-18-14(17)16-11-13(15)10-12-7-5-4-6-8-12/h12-13H,2-11,15H2,1H3,(H,16,17)/t13-/m0/s1. The molecule has 1 fully saturated rings. The number of amides is 1. The number of hydrogen-bond acceptors (Lipinski definition) is 3. The molecule has 3 N–H and O–H groups in total. The Morgan fingerprint density at radius 3 is 2.78 bits per heavy atom. The van der Waals surface area contributed by atoms with Crippen LogP contribution in [0, 0.1) is 5.92 Å². The van der Waals surface area contributed by atoms with Crippen molar-refractivity contribution in [1.82, 2.24) is 5.32 Å². The molecule has 0 saturated heterocycles. The molecule has 1 rings (SSSR count). The van der Waals surface area contributed by atoms with Gasteiger partial charge in [-0.05, 0) is 18.8 Å². The van der Waals surface area contributed by atoms with Gasteiger partial charge in [0, 0.05) is 12.6 Å². The zero-order chi connectivity index (χ0) is 13.2. The third kappa shape index (κ3) is 6.84. The molecule has 0 aromatic carbocycles. The van der Waals surface area contributed by atoms with E-state index in [1.165, 1.54) is 32.1 Å². The summed E-state index contributed by atoms with van der Waals surface area (Å²) < 4.78 is 5.02. The van der Waals surface area contributed by atoms with Crippen molar-refractivity contribution in [2.24, 2.45) is 11.7 Å². The summed E-state index contributed by atoms with van der Waals surface area (Å²) in [5, 5.41) is 2.74. The molecule has 0 spiro atoms. The molecule has 1 atom stereocenters. The van der Waals surface area contributed by atoms with Crippen LogP contribution in [0.2, 0.25) is 0 Å². The second-order valence-electron chi connectivity index (χ2n) is 5.37. The van der Waals surface area contributed by atoms with Crippen LogP contribution in [0.3, 0.4) is 0 Å². The molecule has 0 bridgehead atoms. The van der Waals surface area contributed by atoms with Crippen LogP contribution in [0.5, 0.6) is 0 Å². The van der Waals surface area contributed by atoms with E-state index in [1.807, 2.05) is 0 Å². The van der Waals surface area contributed by atoms with E-state index < -0.39 is 0 Å². The second-order valence-corrected chi connectivity index (χ2v) is 5.37. The third-order valence-electron chi connectivity index (χ3n) is 3.60. The molecule has 0 aromatic heterocycles. The summed E-state index contributed by atoms with van der Waals surface area (Å²) in [5.41, 5.74) is 6.04. The molecule has 106 valence electrons. The number of carbonyl (C=O) groups excluding carboxylic acids is 1. The molecule has 0 aliphatic heterocycles. The van der Waals surface area contributed by atoms with E-state index >= 15 is 0 Å². The molecule has 0 aromatic rings. The van der Waals surface area contributed by atoms with Gasteiger partial charge in [0.2, 0.25) is 0 Å². The van der Waals surface area contributed by atoms with Crippen LogP contribution in [-0.2, 0) is 4.74 Å². The van der Waals surface area contributed by atoms with Crippen LogP contribution in [0.4, 0.5) is 4.79 Å². The van der Waals surface area contributed by atoms with Crippen LogP contribution in [0.15, 0.2) is 0 Å². The number of nitrogens with two attached hydrogens (primary N) is 1. The lowest BCUT2D eigenvalue weighted by atomic mass is 9.85. The monoisotopic (exact) mass is 256 g/mol. The first kappa shape index (κ1) is 15.3. The Morgan fingerprint density at radius 1 is 1.39 bits per heavy atom. The molecule has 1 saturated carbocycles. The van der Waals surface area contributed by atoms with Crippen molar-refractivity contribution in [2.75, 3.05) is 13.2 Å². The summed E-state index contributed by atoms with van der Waals surface area (Å²) in [6, 6.07) is 0.0619. The summed E-state index contributed by atoms with van der Waals surface area (Å²) in [4.78, 5) is 11.3. The van der Waals surface area contributed by atoms with E-state index in [4.69, 9.17) is 10.5 Å². The SMILES string of the molecule is CCCCOC(=O)NC[C@@H](N)CC1CCCCC1. The summed E-state index contributed by atoms with van der Waals surface area (Å²) in [6.07, 6.45) is 9.29. The fraction of sp³-hybridized carbons (Fsp3) is 0.929. The Hall–Kier alpha value is -0.770. The maximum absolute atomic E-state index is 11.3. The number of rotatable bonds is 7. The minimum absolute atomic E-state index is 0.0619. The van der Waals surface area contributed by atoms with Gasteiger partial charge in [-0.1, -0.05) is 45.4 Å². The number of unbranched alkanes of at least 4 members (excludes halogenated alkanes) is 1. The molecule has 1 aliphatic rings. The molecular formula is C14H28N2O2. The van der Waals surface area contributed by atoms with Gasteiger partial charge in [-0.25, -0.2) is 4.79 Å². The lowest BCUT2D eigenvalue weighted by Gasteiger charge is -2.24. The predicted molar refractivity (Wildman–Crippen MR) is 73.4 cm³/mol. The van der Waals surface area contributed by atoms with E-state index in [2.05, 4.69) is 12.2 Å². The largest absolute Gasteiger partial charge is 0.450 e. The van der Waals surface area contributed by atoms with E-state index in [1.54, 1.807) is 0 Å². The zero-order valence-electron chi connectivity index (χ0n) is 11.6. The average Bonchev–Trinajstić information content (AvgIpc) is 2.38. The highest BCUT2D eigenvalue weighted by molar-refractivity contribution is 5.67. The van der Waals surface area contributed by atoms with Gasteiger partial charge in [0.05, 0.1) is 6.61 Å². The Balaban J connectivity index is 2.04. The van der Waals surface area contributed by atoms with Crippen molar-refractivity contribution in [3.63, 3.8) is 0 Å². The summed E-state index contributed by atoms with van der Waals surface area (Å²) >= 11 is 0. The van der Waals surface area contributed by atoms with Gasteiger partial charge in [-0.2, -0.15) is 0 Å². The fourth-order valence-electron chi connectivity index (χ4n) is 2.51. The lowest BCUT2D eigenvalue weighted by molar-refractivity contribution is 0.143. The zero-order valence-corrected chi connectivity index (χ0v) is 11.6. The van der Waals surface area contributed by atoms with Crippen molar-refractivity contribution in [2.45, 2.75) is 64.3 Å². The highest BCUT2D eigenvalue weighted by Crippen LogP contribution is 2.26. The van der Waals surface area contributed by atoms with Gasteiger partial charge in [-0.15, -0.1) is 0 Å². The van der Waals surface area contributed by atoms with Crippen LogP contribution >= 0.6 is 0 Å². The Labute approximate surface area is 111 Å². The van der Waals surface area contributed by atoms with Crippen molar-refractivity contribution < 1.29 is 9.53 Å². The number of nitrogens with one attached hydrogen (secondary N) is 1. The molecule has 1 aliphatic carbocycles. The van der Waals surface area contributed by atoms with Crippen molar-refractivity contribution in [3.05, 3.63) is 0 Å². The molecule has 0 heterocycles. The summed E-state index contributed by atoms with van der Waals surface area (Å²) in [7, 11) is 0. The number of alkyl carbamates (subject to hydrolysis) is 1. The predicted octanol–water partition coefficient (Wildman–Crippen LogP) is 2.81. The Morgan fingerprint density at radius 2 is 2.11 bits per heavy atom. The van der Waals surface area contributed by atoms with Gasteiger partial charge in [0.15, 0.2) is 0 Å². The number of ether oxygens (including phenoxy) is 1. The van der Waals surface area contributed by atoms with Gasteiger partial charge in [0.25, 0.3) is 0 Å². The number of carbonyl (C=O) groups is 1. The first-order chi connectivity index (χ1) is 8.72. The molecule has 4 nitrogen and oxygen atoms in total. The molecule has 0 unspecified atom stereocenters.